The highest BCUT2D eigenvalue weighted by Crippen LogP contribution is 2.57. The molecule has 2 fully saturated rings. The largest absolute Gasteiger partial charge is 0.465 e. The van der Waals surface area contributed by atoms with Crippen LogP contribution in [0.4, 0.5) is 5.69 Å². The Morgan fingerprint density at radius 1 is 1.06 bits per heavy atom. The first-order valence-corrected chi connectivity index (χ1v) is 12.9. The highest BCUT2D eigenvalue weighted by Gasteiger charge is 2.74. The lowest BCUT2D eigenvalue weighted by Crippen LogP contribution is -2.56. The monoisotopic (exact) mass is 514 g/mol. The predicted octanol–water partition coefficient (Wildman–Crippen LogP) is 2.88. The average Bonchev–Trinajstić information content (AvgIpc) is 3.18. The molecule has 0 saturated carbocycles. The number of carbonyl (C=O) groups is 3. The van der Waals surface area contributed by atoms with Crippen LogP contribution >= 0.6 is 11.6 Å². The van der Waals surface area contributed by atoms with Crippen molar-refractivity contribution >= 4 is 35.1 Å². The normalized spacial score (nSPS) is 35.1. The van der Waals surface area contributed by atoms with Crippen molar-refractivity contribution in [2.75, 3.05) is 31.2 Å². The zero-order valence-corrected chi connectivity index (χ0v) is 21.0. The second-order valence-electron chi connectivity index (χ2n) is 10.00. The maximum Gasteiger partial charge on any atom is 0.313 e. The molecule has 1 spiro atoms. The number of allylic oxidation sites excluding steroid dienone is 1. The molecule has 0 aliphatic carbocycles. The van der Waals surface area contributed by atoms with Crippen molar-refractivity contribution in [3.63, 3.8) is 0 Å². The molecule has 0 aromatic heterocycles. The van der Waals surface area contributed by atoms with Crippen LogP contribution in [0.5, 0.6) is 0 Å². The summed E-state index contributed by atoms with van der Waals surface area (Å²) in [4.78, 5) is 44.7. The fourth-order valence-corrected chi connectivity index (χ4v) is 6.26. The van der Waals surface area contributed by atoms with E-state index in [2.05, 4.69) is 0 Å². The summed E-state index contributed by atoms with van der Waals surface area (Å²) in [5.41, 5.74) is -1.82. The van der Waals surface area contributed by atoms with Crippen LogP contribution in [0.25, 0.3) is 0 Å². The van der Waals surface area contributed by atoms with Crippen LogP contribution in [-0.2, 0) is 23.9 Å². The Kier molecular flexibility index (Phi) is 6.70. The minimum atomic E-state index is -1.35. The molecule has 1 unspecified atom stereocenters. The highest BCUT2D eigenvalue weighted by molar-refractivity contribution is 6.30. The summed E-state index contributed by atoms with van der Waals surface area (Å²) in [6.07, 6.45) is 10.2. The zero-order valence-electron chi connectivity index (χ0n) is 20.3. The van der Waals surface area contributed by atoms with Crippen LogP contribution in [0.15, 0.2) is 48.6 Å². The average molecular weight is 515 g/mol. The van der Waals surface area contributed by atoms with Crippen molar-refractivity contribution in [1.82, 2.24) is 4.90 Å². The summed E-state index contributed by atoms with van der Waals surface area (Å²) in [6.45, 7) is 2.39. The number of aliphatic hydroxyl groups excluding tert-OH is 1. The van der Waals surface area contributed by atoms with Crippen molar-refractivity contribution in [3.05, 3.63) is 53.6 Å². The molecule has 1 aromatic rings. The Bertz CT molecular complexity index is 1100. The number of benzene rings is 1. The molecule has 1 aromatic carbocycles. The Morgan fingerprint density at radius 2 is 1.83 bits per heavy atom. The van der Waals surface area contributed by atoms with Crippen molar-refractivity contribution in [1.29, 1.82) is 0 Å². The SMILES string of the molecule is C[C@@]12/C=C\CCCCOC(=O)[C@@H]1[C@H]1C(=O)N(CCCO)C3C(=O)N(c4ccc(Cl)cc4)CC=C[C@@]31O2. The molecule has 4 aliphatic heterocycles. The van der Waals surface area contributed by atoms with E-state index in [9.17, 15) is 19.5 Å². The molecule has 0 radical (unpaired) electrons. The molecule has 36 heavy (non-hydrogen) atoms. The van der Waals surface area contributed by atoms with Crippen LogP contribution in [-0.4, -0.2) is 71.3 Å². The number of hydrogen-bond donors (Lipinski definition) is 1. The van der Waals surface area contributed by atoms with Crippen LogP contribution < -0.4 is 4.90 Å². The van der Waals surface area contributed by atoms with Crippen molar-refractivity contribution in [2.45, 2.75) is 49.9 Å². The molecule has 2 amide bonds. The number of nitrogens with zero attached hydrogens (tertiary/aromatic N) is 2. The second kappa shape index (κ2) is 9.65. The van der Waals surface area contributed by atoms with Gasteiger partial charge in [-0.2, -0.15) is 0 Å². The van der Waals surface area contributed by atoms with E-state index in [0.717, 1.165) is 19.3 Å². The van der Waals surface area contributed by atoms with Crippen LogP contribution in [0.1, 0.15) is 32.6 Å². The second-order valence-corrected chi connectivity index (χ2v) is 10.4. The molecular formula is C27H31ClN2O6. The number of cyclic esters (lactones) is 1. The lowest BCUT2D eigenvalue weighted by Gasteiger charge is -2.37. The Hall–Kier alpha value is -2.68. The number of halogens is 1. The van der Waals surface area contributed by atoms with E-state index >= 15 is 0 Å². The quantitative estimate of drug-likeness (QED) is 0.490. The first kappa shape index (κ1) is 25.0. The number of anilines is 1. The number of amides is 2. The van der Waals surface area contributed by atoms with Gasteiger partial charge in [0.05, 0.1) is 18.1 Å². The molecule has 1 N–H and O–H groups in total. The molecule has 4 heterocycles. The summed E-state index contributed by atoms with van der Waals surface area (Å²) in [6, 6.07) is 5.95. The van der Waals surface area contributed by atoms with E-state index in [0.29, 0.717) is 17.1 Å². The molecule has 4 aliphatic rings. The first-order chi connectivity index (χ1) is 17.3. The van der Waals surface area contributed by atoms with Gasteiger partial charge in [0.25, 0.3) is 5.91 Å². The van der Waals surface area contributed by atoms with Gasteiger partial charge in [-0.05, 0) is 56.9 Å². The molecule has 192 valence electrons. The Balaban J connectivity index is 1.62. The molecule has 5 atom stereocenters. The smallest absolute Gasteiger partial charge is 0.313 e. The number of carbonyl (C=O) groups excluding carboxylic acids is 3. The molecule has 8 nitrogen and oxygen atoms in total. The van der Waals surface area contributed by atoms with Gasteiger partial charge in [0.1, 0.15) is 17.6 Å². The fraction of sp³-hybridized carbons (Fsp3) is 0.519. The third-order valence-electron chi connectivity index (χ3n) is 7.70. The molecule has 9 heteroatoms. The van der Waals surface area contributed by atoms with E-state index in [4.69, 9.17) is 21.1 Å². The predicted molar refractivity (Wildman–Crippen MR) is 133 cm³/mol. The number of ether oxygens (including phenoxy) is 2. The van der Waals surface area contributed by atoms with Crippen molar-refractivity contribution in [3.8, 4) is 0 Å². The van der Waals surface area contributed by atoms with E-state index < -0.39 is 35.0 Å². The Labute approximate surface area is 215 Å². The van der Waals surface area contributed by atoms with Gasteiger partial charge in [-0.15, -0.1) is 0 Å². The van der Waals surface area contributed by atoms with Crippen molar-refractivity contribution < 1.29 is 29.0 Å². The topological polar surface area (TPSA) is 96.4 Å². The zero-order chi connectivity index (χ0) is 25.5. The lowest BCUT2D eigenvalue weighted by atomic mass is 9.74. The minimum absolute atomic E-state index is 0.133. The summed E-state index contributed by atoms with van der Waals surface area (Å²) in [5.74, 6) is -2.95. The maximum absolute atomic E-state index is 14.2. The van der Waals surface area contributed by atoms with E-state index in [1.54, 1.807) is 42.2 Å². The standard InChI is InChI=1S/C27H31ClN2O6/c1-26-12-4-2-3-5-17-35-25(34)21(26)20-23(32)30(15-7-16-31)22-24(33)29(14-6-13-27(20,22)36-26)19-10-8-18(28)9-11-19/h4,6,8-13,20-22,31H,2-3,5,7,14-17H2,1H3/b12-4-/t20-,21-,22?,26+,27-/m0/s1. The van der Waals surface area contributed by atoms with Gasteiger partial charge in [0.15, 0.2) is 0 Å². The number of rotatable bonds is 4. The number of aliphatic hydroxyl groups is 1. The van der Waals surface area contributed by atoms with Crippen LogP contribution in [0.3, 0.4) is 0 Å². The summed E-state index contributed by atoms with van der Waals surface area (Å²) in [5, 5.41) is 10.1. The third-order valence-corrected chi connectivity index (χ3v) is 7.95. The summed E-state index contributed by atoms with van der Waals surface area (Å²) in [7, 11) is 0. The number of hydrogen-bond acceptors (Lipinski definition) is 6. The van der Waals surface area contributed by atoms with Crippen LogP contribution in [0.2, 0.25) is 5.02 Å². The number of likely N-dealkylation sites (tertiary alicyclic amines) is 1. The fourth-order valence-electron chi connectivity index (χ4n) is 6.13. The van der Waals surface area contributed by atoms with Gasteiger partial charge < -0.3 is 24.4 Å². The maximum atomic E-state index is 14.2. The van der Waals surface area contributed by atoms with Gasteiger partial charge in [0.2, 0.25) is 5.91 Å². The van der Waals surface area contributed by atoms with E-state index in [1.165, 1.54) is 4.90 Å². The minimum Gasteiger partial charge on any atom is -0.465 e. The number of esters is 1. The van der Waals surface area contributed by atoms with E-state index in [-0.39, 0.29) is 38.1 Å². The van der Waals surface area contributed by atoms with Gasteiger partial charge in [-0.1, -0.05) is 35.9 Å². The molecule has 0 bridgehead atoms. The van der Waals surface area contributed by atoms with Gasteiger partial charge in [-0.25, -0.2) is 0 Å². The highest BCUT2D eigenvalue weighted by atomic mass is 35.5. The van der Waals surface area contributed by atoms with Gasteiger partial charge in [0, 0.05) is 30.4 Å². The summed E-state index contributed by atoms with van der Waals surface area (Å²) >= 11 is 6.06. The summed E-state index contributed by atoms with van der Waals surface area (Å²) < 4.78 is 12.3. The van der Waals surface area contributed by atoms with E-state index in [1.807, 2.05) is 18.2 Å². The lowest BCUT2D eigenvalue weighted by molar-refractivity contribution is -0.158. The first-order valence-electron chi connectivity index (χ1n) is 12.5. The van der Waals surface area contributed by atoms with Gasteiger partial charge in [-0.3, -0.25) is 14.4 Å². The molecule has 2 saturated heterocycles. The van der Waals surface area contributed by atoms with Gasteiger partial charge >= 0.3 is 5.97 Å². The third kappa shape index (κ3) is 3.96. The Morgan fingerprint density at radius 3 is 2.58 bits per heavy atom. The number of fused-ring (bicyclic) bond motifs is 2. The van der Waals surface area contributed by atoms with Crippen LogP contribution in [0, 0.1) is 11.8 Å². The molecule has 5 rings (SSSR count). The van der Waals surface area contributed by atoms with Crippen molar-refractivity contribution in [2.24, 2.45) is 11.8 Å². The molecular weight excluding hydrogens is 484 g/mol.